The molecular formula is C12H13NO3. The summed E-state index contributed by atoms with van der Waals surface area (Å²) in [6.45, 7) is 5.58. The SMILES string of the molecule is C=C(C)COC(=O)c1ccc(C(N)=O)cc1. The zero-order chi connectivity index (χ0) is 12.1. The van der Waals surface area contributed by atoms with Crippen molar-refractivity contribution in [1.82, 2.24) is 0 Å². The van der Waals surface area contributed by atoms with Crippen LogP contribution in [0.1, 0.15) is 27.6 Å². The third-order valence-electron chi connectivity index (χ3n) is 1.85. The molecule has 0 aromatic heterocycles. The number of benzene rings is 1. The first kappa shape index (κ1) is 12.0. The van der Waals surface area contributed by atoms with Crippen LogP contribution in [0.3, 0.4) is 0 Å². The quantitative estimate of drug-likeness (QED) is 0.616. The number of amides is 1. The van der Waals surface area contributed by atoms with Crippen molar-refractivity contribution >= 4 is 11.9 Å². The van der Waals surface area contributed by atoms with E-state index in [2.05, 4.69) is 6.58 Å². The summed E-state index contributed by atoms with van der Waals surface area (Å²) in [7, 11) is 0. The fourth-order valence-electron chi connectivity index (χ4n) is 1.04. The Morgan fingerprint density at radius 1 is 1.25 bits per heavy atom. The molecule has 1 amide bonds. The van der Waals surface area contributed by atoms with Crippen LogP contribution in [0.15, 0.2) is 36.4 Å². The van der Waals surface area contributed by atoms with Crippen molar-refractivity contribution in [2.24, 2.45) is 5.73 Å². The number of primary amides is 1. The highest BCUT2D eigenvalue weighted by Gasteiger charge is 2.07. The summed E-state index contributed by atoms with van der Waals surface area (Å²) in [6, 6.07) is 5.97. The van der Waals surface area contributed by atoms with Gasteiger partial charge < -0.3 is 10.5 Å². The summed E-state index contributed by atoms with van der Waals surface area (Å²) >= 11 is 0. The molecule has 1 rings (SSSR count). The monoisotopic (exact) mass is 219 g/mol. The van der Waals surface area contributed by atoms with Crippen molar-refractivity contribution in [2.75, 3.05) is 6.61 Å². The Morgan fingerprint density at radius 2 is 1.75 bits per heavy atom. The van der Waals surface area contributed by atoms with Crippen molar-refractivity contribution < 1.29 is 14.3 Å². The molecule has 4 nitrogen and oxygen atoms in total. The molecule has 0 saturated carbocycles. The Morgan fingerprint density at radius 3 is 2.19 bits per heavy atom. The van der Waals surface area contributed by atoms with Crippen molar-refractivity contribution in [3.63, 3.8) is 0 Å². The molecule has 0 aliphatic carbocycles. The summed E-state index contributed by atoms with van der Waals surface area (Å²) in [6.07, 6.45) is 0. The maximum atomic E-state index is 11.5. The lowest BCUT2D eigenvalue weighted by atomic mass is 10.1. The van der Waals surface area contributed by atoms with Crippen molar-refractivity contribution in [3.8, 4) is 0 Å². The maximum absolute atomic E-state index is 11.5. The molecule has 2 N–H and O–H groups in total. The van der Waals surface area contributed by atoms with E-state index in [1.165, 1.54) is 24.3 Å². The number of carbonyl (C=O) groups is 2. The van der Waals surface area contributed by atoms with Crippen LogP contribution < -0.4 is 5.73 Å². The van der Waals surface area contributed by atoms with Crippen LogP contribution in [-0.4, -0.2) is 18.5 Å². The van der Waals surface area contributed by atoms with Gasteiger partial charge in [-0.2, -0.15) is 0 Å². The summed E-state index contributed by atoms with van der Waals surface area (Å²) in [5.41, 5.74) is 6.58. The van der Waals surface area contributed by atoms with Gasteiger partial charge in [-0.15, -0.1) is 0 Å². The average molecular weight is 219 g/mol. The van der Waals surface area contributed by atoms with Gasteiger partial charge in [0, 0.05) is 5.56 Å². The molecule has 4 heteroatoms. The molecule has 0 unspecified atom stereocenters. The van der Waals surface area contributed by atoms with E-state index in [1.807, 2.05) is 0 Å². The minimum absolute atomic E-state index is 0.191. The second kappa shape index (κ2) is 5.11. The van der Waals surface area contributed by atoms with Gasteiger partial charge >= 0.3 is 5.97 Å². The molecule has 0 fully saturated rings. The molecule has 1 aromatic rings. The summed E-state index contributed by atoms with van der Waals surface area (Å²) < 4.78 is 4.94. The molecule has 84 valence electrons. The van der Waals surface area contributed by atoms with E-state index < -0.39 is 11.9 Å². The lowest BCUT2D eigenvalue weighted by Gasteiger charge is -2.04. The Hall–Kier alpha value is -2.10. The fourth-order valence-corrected chi connectivity index (χ4v) is 1.04. The molecule has 0 spiro atoms. The van der Waals surface area contributed by atoms with Gasteiger partial charge in [0.2, 0.25) is 5.91 Å². The number of carbonyl (C=O) groups excluding carboxylic acids is 2. The lowest BCUT2D eigenvalue weighted by Crippen LogP contribution is -2.12. The number of nitrogens with two attached hydrogens (primary N) is 1. The van der Waals surface area contributed by atoms with Crippen LogP contribution in [0.2, 0.25) is 0 Å². The summed E-state index contributed by atoms with van der Waals surface area (Å²) in [5.74, 6) is -0.971. The van der Waals surface area contributed by atoms with Gasteiger partial charge in [-0.05, 0) is 36.8 Å². The van der Waals surface area contributed by atoms with Gasteiger partial charge in [-0.1, -0.05) is 6.58 Å². The zero-order valence-electron chi connectivity index (χ0n) is 9.03. The lowest BCUT2D eigenvalue weighted by molar-refractivity contribution is 0.0540. The van der Waals surface area contributed by atoms with Gasteiger partial charge in [0.25, 0.3) is 0 Å². The molecule has 16 heavy (non-hydrogen) atoms. The number of ether oxygens (including phenoxy) is 1. The van der Waals surface area contributed by atoms with E-state index in [0.717, 1.165) is 5.57 Å². The highest BCUT2D eigenvalue weighted by molar-refractivity contribution is 5.95. The molecule has 0 heterocycles. The van der Waals surface area contributed by atoms with Gasteiger partial charge in [0.1, 0.15) is 6.61 Å². The molecule has 0 radical (unpaired) electrons. The van der Waals surface area contributed by atoms with Gasteiger partial charge in [-0.25, -0.2) is 4.79 Å². The Bertz CT molecular complexity index is 420. The number of hydrogen-bond donors (Lipinski definition) is 1. The predicted octanol–water partition coefficient (Wildman–Crippen LogP) is 1.52. The minimum atomic E-state index is -0.526. The first-order valence-electron chi connectivity index (χ1n) is 4.72. The molecular weight excluding hydrogens is 206 g/mol. The molecule has 0 aliphatic rings. The second-order valence-electron chi connectivity index (χ2n) is 3.47. The van der Waals surface area contributed by atoms with E-state index in [-0.39, 0.29) is 6.61 Å². The van der Waals surface area contributed by atoms with Crippen molar-refractivity contribution in [3.05, 3.63) is 47.5 Å². The van der Waals surface area contributed by atoms with E-state index >= 15 is 0 Å². The average Bonchev–Trinajstić information content (AvgIpc) is 2.26. The summed E-state index contributed by atoms with van der Waals surface area (Å²) in [5, 5.41) is 0. The van der Waals surface area contributed by atoms with E-state index in [9.17, 15) is 9.59 Å². The number of hydrogen-bond acceptors (Lipinski definition) is 3. The molecule has 1 aromatic carbocycles. The smallest absolute Gasteiger partial charge is 0.338 e. The Balaban J connectivity index is 2.70. The molecule has 0 aliphatic heterocycles. The minimum Gasteiger partial charge on any atom is -0.458 e. The Kier molecular flexibility index (Phi) is 3.83. The van der Waals surface area contributed by atoms with Crippen molar-refractivity contribution in [2.45, 2.75) is 6.92 Å². The van der Waals surface area contributed by atoms with Crippen molar-refractivity contribution in [1.29, 1.82) is 0 Å². The third kappa shape index (κ3) is 3.24. The van der Waals surface area contributed by atoms with Crippen LogP contribution in [0.5, 0.6) is 0 Å². The van der Waals surface area contributed by atoms with E-state index in [1.54, 1.807) is 6.92 Å². The second-order valence-corrected chi connectivity index (χ2v) is 3.47. The predicted molar refractivity (Wildman–Crippen MR) is 60.1 cm³/mol. The standard InChI is InChI=1S/C12H13NO3/c1-8(2)7-16-12(15)10-5-3-9(4-6-10)11(13)14/h3-6H,1,7H2,2H3,(H2,13,14). The van der Waals surface area contributed by atoms with Crippen LogP contribution in [0, 0.1) is 0 Å². The van der Waals surface area contributed by atoms with Crippen LogP contribution in [0.4, 0.5) is 0 Å². The maximum Gasteiger partial charge on any atom is 0.338 e. The highest BCUT2D eigenvalue weighted by atomic mass is 16.5. The first-order chi connectivity index (χ1) is 7.50. The van der Waals surface area contributed by atoms with Gasteiger partial charge in [-0.3, -0.25) is 4.79 Å². The van der Waals surface area contributed by atoms with Gasteiger partial charge in [0.05, 0.1) is 5.56 Å². The van der Waals surface area contributed by atoms with E-state index in [0.29, 0.717) is 11.1 Å². The normalized spacial score (nSPS) is 9.56. The topological polar surface area (TPSA) is 69.4 Å². The first-order valence-corrected chi connectivity index (χ1v) is 4.72. The largest absolute Gasteiger partial charge is 0.458 e. The fraction of sp³-hybridized carbons (Fsp3) is 0.167. The number of rotatable bonds is 4. The van der Waals surface area contributed by atoms with E-state index in [4.69, 9.17) is 10.5 Å². The van der Waals surface area contributed by atoms with Crippen LogP contribution >= 0.6 is 0 Å². The van der Waals surface area contributed by atoms with Crippen LogP contribution in [-0.2, 0) is 4.74 Å². The Labute approximate surface area is 93.7 Å². The number of esters is 1. The summed E-state index contributed by atoms with van der Waals surface area (Å²) in [4.78, 5) is 22.2. The van der Waals surface area contributed by atoms with Crippen LogP contribution in [0.25, 0.3) is 0 Å². The third-order valence-corrected chi connectivity index (χ3v) is 1.85. The molecule has 0 bridgehead atoms. The highest BCUT2D eigenvalue weighted by Crippen LogP contribution is 2.06. The zero-order valence-corrected chi connectivity index (χ0v) is 9.03. The molecule has 0 atom stereocenters. The van der Waals surface area contributed by atoms with Gasteiger partial charge in [0.15, 0.2) is 0 Å². The molecule has 0 saturated heterocycles.